The van der Waals surface area contributed by atoms with Gasteiger partial charge in [0, 0.05) is 5.69 Å². The molecule has 1 amide bonds. The smallest absolute Gasteiger partial charge is 0.264 e. The molecule has 0 aliphatic rings. The van der Waals surface area contributed by atoms with Crippen molar-refractivity contribution >= 4 is 22.6 Å². The number of nitrogens with zero attached hydrogens (tertiary/aromatic N) is 4. The average molecular weight is 395 g/mol. The number of amides is 1. The summed E-state index contributed by atoms with van der Waals surface area (Å²) >= 11 is 0. The van der Waals surface area contributed by atoms with Crippen molar-refractivity contribution < 1.29 is 13.6 Å². The molecule has 2 aromatic carbocycles. The Morgan fingerprint density at radius 3 is 2.62 bits per heavy atom. The molecule has 2 aromatic heterocycles. The van der Waals surface area contributed by atoms with Crippen LogP contribution in [-0.4, -0.2) is 25.2 Å². The van der Waals surface area contributed by atoms with E-state index in [1.807, 2.05) is 0 Å². The molecule has 0 radical (unpaired) electrons. The number of aryl methyl sites for hydroxylation is 1. The zero-order valence-electron chi connectivity index (χ0n) is 15.3. The minimum Gasteiger partial charge on any atom is -0.324 e. The Hall–Kier alpha value is -3.88. The number of carbonyl (C=O) groups excluding carboxylic acids is 1. The quantitative estimate of drug-likeness (QED) is 0.576. The summed E-state index contributed by atoms with van der Waals surface area (Å²) in [7, 11) is 0. The molecule has 0 aliphatic carbocycles. The predicted octanol–water partition coefficient (Wildman–Crippen LogP) is 2.81. The molecule has 146 valence electrons. The second-order valence-corrected chi connectivity index (χ2v) is 6.46. The zero-order valence-corrected chi connectivity index (χ0v) is 15.3. The minimum absolute atomic E-state index is 0.214. The molecular formula is C20H15F2N5O2. The van der Waals surface area contributed by atoms with Gasteiger partial charge in [-0.2, -0.15) is 5.10 Å². The molecule has 0 spiro atoms. The van der Waals surface area contributed by atoms with Crippen molar-refractivity contribution in [2.45, 2.75) is 13.5 Å². The van der Waals surface area contributed by atoms with Crippen LogP contribution in [0.4, 0.5) is 14.5 Å². The molecular weight excluding hydrogens is 380 g/mol. The Balaban J connectivity index is 1.59. The number of nitrogens with one attached hydrogen (secondary N) is 1. The predicted molar refractivity (Wildman–Crippen MR) is 103 cm³/mol. The SMILES string of the molecule is Cc1ccc(NC(=O)Cn2cnc3c(cnn3-c3ccc(F)cc3)c2=O)cc1F. The third-order valence-corrected chi connectivity index (χ3v) is 4.40. The van der Waals surface area contributed by atoms with Crippen molar-refractivity contribution in [1.29, 1.82) is 0 Å². The van der Waals surface area contributed by atoms with Gasteiger partial charge in [-0.3, -0.25) is 14.2 Å². The second kappa shape index (κ2) is 7.27. The summed E-state index contributed by atoms with van der Waals surface area (Å²) < 4.78 is 29.3. The molecule has 0 fully saturated rings. The van der Waals surface area contributed by atoms with Crippen LogP contribution in [0.2, 0.25) is 0 Å². The summed E-state index contributed by atoms with van der Waals surface area (Å²) in [5.74, 6) is -1.32. The maximum Gasteiger partial charge on any atom is 0.264 e. The van der Waals surface area contributed by atoms with Crippen LogP contribution in [0.5, 0.6) is 0 Å². The number of hydrogen-bond acceptors (Lipinski definition) is 4. The van der Waals surface area contributed by atoms with Crippen molar-refractivity contribution in [3.8, 4) is 5.69 Å². The highest BCUT2D eigenvalue weighted by Gasteiger charge is 2.13. The molecule has 4 rings (SSSR count). The lowest BCUT2D eigenvalue weighted by molar-refractivity contribution is -0.116. The van der Waals surface area contributed by atoms with Crippen LogP contribution in [-0.2, 0) is 11.3 Å². The first-order valence-electron chi connectivity index (χ1n) is 8.67. The van der Waals surface area contributed by atoms with Crippen LogP contribution in [0.15, 0.2) is 59.8 Å². The van der Waals surface area contributed by atoms with E-state index in [0.29, 0.717) is 22.6 Å². The zero-order chi connectivity index (χ0) is 20.5. The fourth-order valence-corrected chi connectivity index (χ4v) is 2.86. The summed E-state index contributed by atoms with van der Waals surface area (Å²) in [6.45, 7) is 1.33. The lowest BCUT2D eigenvalue weighted by Crippen LogP contribution is -2.27. The number of carbonyl (C=O) groups is 1. The van der Waals surface area contributed by atoms with Gasteiger partial charge in [-0.1, -0.05) is 6.07 Å². The van der Waals surface area contributed by atoms with E-state index in [2.05, 4.69) is 15.4 Å². The molecule has 2 heterocycles. The normalized spacial score (nSPS) is 11.0. The van der Waals surface area contributed by atoms with Gasteiger partial charge in [0.15, 0.2) is 5.65 Å². The Labute approximate surface area is 163 Å². The highest BCUT2D eigenvalue weighted by Crippen LogP contribution is 2.15. The largest absolute Gasteiger partial charge is 0.324 e. The molecule has 0 bridgehead atoms. The molecule has 9 heteroatoms. The Kier molecular flexibility index (Phi) is 4.63. The summed E-state index contributed by atoms with van der Waals surface area (Å²) in [4.78, 5) is 29.1. The molecule has 0 aliphatic heterocycles. The lowest BCUT2D eigenvalue weighted by Gasteiger charge is -2.08. The molecule has 4 aromatic rings. The van der Waals surface area contributed by atoms with Crippen LogP contribution in [0, 0.1) is 18.6 Å². The first-order chi connectivity index (χ1) is 13.9. The monoisotopic (exact) mass is 395 g/mol. The van der Waals surface area contributed by atoms with E-state index in [0.717, 1.165) is 4.57 Å². The number of aromatic nitrogens is 4. The standard InChI is InChI=1S/C20H15F2N5O2/c1-12-2-5-14(8-17(12)22)25-18(28)10-26-11-23-19-16(20(26)29)9-24-27(19)15-6-3-13(21)4-7-15/h2-9,11H,10H2,1H3,(H,25,28). The van der Waals surface area contributed by atoms with Gasteiger partial charge in [-0.05, 0) is 48.9 Å². The van der Waals surface area contributed by atoms with E-state index < -0.39 is 17.3 Å². The van der Waals surface area contributed by atoms with E-state index >= 15 is 0 Å². The van der Waals surface area contributed by atoms with Gasteiger partial charge in [0.1, 0.15) is 29.9 Å². The molecule has 0 unspecified atom stereocenters. The number of fused-ring (bicyclic) bond motifs is 1. The molecule has 0 atom stereocenters. The maximum atomic E-state index is 13.6. The molecule has 1 N–H and O–H groups in total. The summed E-state index contributed by atoms with van der Waals surface area (Å²) in [6, 6.07) is 9.93. The van der Waals surface area contributed by atoms with Crippen LogP contribution in [0.1, 0.15) is 5.56 Å². The van der Waals surface area contributed by atoms with E-state index in [1.165, 1.54) is 47.5 Å². The first-order valence-corrected chi connectivity index (χ1v) is 8.67. The van der Waals surface area contributed by atoms with Gasteiger partial charge in [0.25, 0.3) is 5.56 Å². The second-order valence-electron chi connectivity index (χ2n) is 6.46. The van der Waals surface area contributed by atoms with Gasteiger partial charge >= 0.3 is 0 Å². The summed E-state index contributed by atoms with van der Waals surface area (Å²) in [5.41, 5.74) is 1.15. The van der Waals surface area contributed by atoms with Crippen LogP contribution >= 0.6 is 0 Å². The highest BCUT2D eigenvalue weighted by atomic mass is 19.1. The molecule has 7 nitrogen and oxygen atoms in total. The third kappa shape index (κ3) is 3.62. The minimum atomic E-state index is -0.498. The fraction of sp³-hybridized carbons (Fsp3) is 0.100. The summed E-state index contributed by atoms with van der Waals surface area (Å²) in [6.07, 6.45) is 2.58. The molecule has 0 saturated carbocycles. The Bertz CT molecular complexity index is 1280. The number of halogens is 2. The van der Waals surface area contributed by atoms with Gasteiger partial charge < -0.3 is 5.32 Å². The molecule has 29 heavy (non-hydrogen) atoms. The number of benzene rings is 2. The third-order valence-electron chi connectivity index (χ3n) is 4.40. The van der Waals surface area contributed by atoms with E-state index in [9.17, 15) is 18.4 Å². The van der Waals surface area contributed by atoms with Crippen LogP contribution in [0.25, 0.3) is 16.7 Å². The number of anilines is 1. The topological polar surface area (TPSA) is 81.8 Å². The van der Waals surface area contributed by atoms with Crippen molar-refractivity contribution in [2.24, 2.45) is 0 Å². The molecule has 0 saturated heterocycles. The van der Waals surface area contributed by atoms with E-state index in [-0.39, 0.29) is 17.7 Å². The Morgan fingerprint density at radius 1 is 1.14 bits per heavy atom. The van der Waals surface area contributed by atoms with Crippen molar-refractivity contribution in [3.63, 3.8) is 0 Å². The van der Waals surface area contributed by atoms with Crippen LogP contribution in [0.3, 0.4) is 0 Å². The number of hydrogen-bond donors (Lipinski definition) is 1. The van der Waals surface area contributed by atoms with Crippen molar-refractivity contribution in [2.75, 3.05) is 5.32 Å². The van der Waals surface area contributed by atoms with Crippen molar-refractivity contribution in [1.82, 2.24) is 19.3 Å². The van der Waals surface area contributed by atoms with Crippen molar-refractivity contribution in [3.05, 3.63) is 82.5 Å². The summed E-state index contributed by atoms with van der Waals surface area (Å²) in [5, 5.41) is 6.90. The fourth-order valence-electron chi connectivity index (χ4n) is 2.86. The lowest BCUT2D eigenvalue weighted by atomic mass is 10.2. The first kappa shape index (κ1) is 18.5. The van der Waals surface area contributed by atoms with Gasteiger partial charge in [-0.25, -0.2) is 18.4 Å². The average Bonchev–Trinajstić information content (AvgIpc) is 3.12. The number of rotatable bonds is 4. The van der Waals surface area contributed by atoms with Gasteiger partial charge in [-0.15, -0.1) is 0 Å². The van der Waals surface area contributed by atoms with Crippen LogP contribution < -0.4 is 10.9 Å². The Morgan fingerprint density at radius 2 is 1.90 bits per heavy atom. The van der Waals surface area contributed by atoms with E-state index in [4.69, 9.17) is 0 Å². The van der Waals surface area contributed by atoms with Gasteiger partial charge in [0.2, 0.25) is 5.91 Å². The van der Waals surface area contributed by atoms with E-state index in [1.54, 1.807) is 19.1 Å². The highest BCUT2D eigenvalue weighted by molar-refractivity contribution is 5.90. The maximum absolute atomic E-state index is 13.6. The van der Waals surface area contributed by atoms with Gasteiger partial charge in [0.05, 0.1) is 11.9 Å².